The van der Waals surface area contributed by atoms with Crippen LogP contribution in [0.2, 0.25) is 0 Å². The number of aryl methyl sites for hydroxylation is 1. The molecule has 1 rings (SSSR count). The minimum atomic E-state index is 0.707. The molecule has 93 valence electrons. The molecule has 0 aliphatic carbocycles. The minimum Gasteiger partial charge on any atom is -0.377 e. The molecule has 0 saturated carbocycles. The third-order valence-corrected chi connectivity index (χ3v) is 2.61. The van der Waals surface area contributed by atoms with Crippen LogP contribution in [0.5, 0.6) is 0 Å². The van der Waals surface area contributed by atoms with Gasteiger partial charge in [-0.25, -0.2) is 0 Å². The maximum atomic E-state index is 5.52. The summed E-state index contributed by atoms with van der Waals surface area (Å²) < 4.78 is 5.52. The van der Waals surface area contributed by atoms with Crippen LogP contribution >= 0.6 is 0 Å². The zero-order valence-corrected chi connectivity index (χ0v) is 10.8. The predicted molar refractivity (Wildman–Crippen MR) is 74.9 cm³/mol. The molecule has 0 heterocycles. The number of ether oxygens (including phenoxy) is 1. The first kappa shape index (κ1) is 14.0. The normalized spacial score (nSPS) is 11.2. The van der Waals surface area contributed by atoms with Crippen molar-refractivity contribution in [2.75, 3.05) is 13.2 Å². The summed E-state index contributed by atoms with van der Waals surface area (Å²) >= 11 is 0. The molecule has 1 radical (unpaired) electrons. The maximum absolute atomic E-state index is 5.52. The van der Waals surface area contributed by atoms with Gasteiger partial charge >= 0.3 is 0 Å². The van der Waals surface area contributed by atoms with Gasteiger partial charge in [0.25, 0.3) is 0 Å². The van der Waals surface area contributed by atoms with E-state index < -0.39 is 0 Å². The van der Waals surface area contributed by atoms with Crippen molar-refractivity contribution in [3.8, 4) is 0 Å². The average molecular weight is 231 g/mol. The van der Waals surface area contributed by atoms with Crippen LogP contribution in [0.15, 0.2) is 30.3 Å². The van der Waals surface area contributed by atoms with E-state index in [1.807, 2.05) is 0 Å². The van der Waals surface area contributed by atoms with Crippen molar-refractivity contribution in [2.45, 2.75) is 32.6 Å². The second-order valence-electron chi connectivity index (χ2n) is 4.31. The van der Waals surface area contributed by atoms with Crippen molar-refractivity contribution in [3.05, 3.63) is 48.4 Å². The van der Waals surface area contributed by atoms with Crippen LogP contribution in [-0.4, -0.2) is 13.2 Å². The number of hydrogen-bond acceptors (Lipinski definition) is 1. The Morgan fingerprint density at radius 2 is 2.12 bits per heavy atom. The lowest BCUT2D eigenvalue weighted by Gasteiger charge is -2.00. The molecular weight excluding hydrogens is 208 g/mol. The lowest BCUT2D eigenvalue weighted by atomic mass is 10.1. The highest BCUT2D eigenvalue weighted by Gasteiger charge is 1.89. The highest BCUT2D eigenvalue weighted by atomic mass is 16.5. The Morgan fingerprint density at radius 1 is 1.24 bits per heavy atom. The second kappa shape index (κ2) is 9.00. The molecule has 1 nitrogen and oxygen atoms in total. The first-order chi connectivity index (χ1) is 8.33. The highest BCUT2D eigenvalue weighted by molar-refractivity contribution is 5.50. The van der Waals surface area contributed by atoms with E-state index in [4.69, 9.17) is 4.74 Å². The van der Waals surface area contributed by atoms with E-state index in [-0.39, 0.29) is 0 Å². The van der Waals surface area contributed by atoms with Crippen LogP contribution in [0.1, 0.15) is 36.8 Å². The summed E-state index contributed by atoms with van der Waals surface area (Å²) in [6.07, 6.45) is 8.81. The topological polar surface area (TPSA) is 9.23 Å². The zero-order valence-electron chi connectivity index (χ0n) is 10.8. The third-order valence-electron chi connectivity index (χ3n) is 2.61. The summed E-state index contributed by atoms with van der Waals surface area (Å²) in [5, 5.41) is 0. The van der Waals surface area contributed by atoms with Gasteiger partial charge in [0.05, 0.1) is 6.61 Å². The Kier molecular flexibility index (Phi) is 7.40. The number of benzene rings is 1. The molecule has 0 atom stereocenters. The fourth-order valence-electron chi connectivity index (χ4n) is 1.67. The van der Waals surface area contributed by atoms with Crippen LogP contribution in [0, 0.1) is 13.8 Å². The van der Waals surface area contributed by atoms with Gasteiger partial charge in [0.2, 0.25) is 0 Å². The van der Waals surface area contributed by atoms with Gasteiger partial charge < -0.3 is 4.74 Å². The molecule has 0 saturated heterocycles. The molecule has 0 spiro atoms. The Morgan fingerprint density at radius 3 is 2.88 bits per heavy atom. The van der Waals surface area contributed by atoms with Crippen LogP contribution in [0.4, 0.5) is 0 Å². The second-order valence-corrected chi connectivity index (χ2v) is 4.31. The molecule has 1 heteroatoms. The van der Waals surface area contributed by atoms with Gasteiger partial charge in [-0.05, 0) is 18.9 Å². The van der Waals surface area contributed by atoms with E-state index in [9.17, 15) is 0 Å². The number of rotatable bonds is 8. The fourth-order valence-corrected chi connectivity index (χ4v) is 1.67. The summed E-state index contributed by atoms with van der Waals surface area (Å²) in [7, 11) is 0. The first-order valence-electron chi connectivity index (χ1n) is 6.43. The van der Waals surface area contributed by atoms with E-state index in [0.29, 0.717) is 6.61 Å². The lowest BCUT2D eigenvalue weighted by molar-refractivity contribution is 0.158. The van der Waals surface area contributed by atoms with Crippen LogP contribution in [0.25, 0.3) is 6.08 Å². The Hall–Kier alpha value is -1.08. The third kappa shape index (κ3) is 6.96. The average Bonchev–Trinajstić information content (AvgIpc) is 2.33. The molecule has 0 amide bonds. The van der Waals surface area contributed by atoms with Crippen molar-refractivity contribution in [1.82, 2.24) is 0 Å². The predicted octanol–water partition coefficient (Wildman–Crippen LogP) is 4.42. The molecule has 1 aromatic rings. The lowest BCUT2D eigenvalue weighted by Crippen LogP contribution is -1.94. The number of unbranched alkanes of at least 4 members (excludes halogenated alkanes) is 3. The smallest absolute Gasteiger partial charge is 0.0650 e. The van der Waals surface area contributed by atoms with Crippen LogP contribution in [-0.2, 0) is 4.74 Å². The van der Waals surface area contributed by atoms with Gasteiger partial charge in [-0.2, -0.15) is 0 Å². The summed E-state index contributed by atoms with van der Waals surface area (Å²) in [4.78, 5) is 0. The zero-order chi connectivity index (χ0) is 12.3. The fraction of sp³-hybridized carbons (Fsp3) is 0.438. The molecule has 0 aromatic heterocycles. The molecule has 1 aromatic carbocycles. The molecule has 0 aliphatic rings. The molecular formula is C16H23O. The van der Waals surface area contributed by atoms with Crippen LogP contribution < -0.4 is 0 Å². The van der Waals surface area contributed by atoms with Gasteiger partial charge in [-0.3, -0.25) is 0 Å². The van der Waals surface area contributed by atoms with E-state index >= 15 is 0 Å². The summed E-state index contributed by atoms with van der Waals surface area (Å²) in [6, 6.07) is 8.47. The largest absolute Gasteiger partial charge is 0.377 e. The summed E-state index contributed by atoms with van der Waals surface area (Å²) in [6.45, 7) is 7.50. The van der Waals surface area contributed by atoms with Gasteiger partial charge in [0.1, 0.15) is 0 Å². The molecule has 17 heavy (non-hydrogen) atoms. The molecule has 0 bridgehead atoms. The molecule has 0 fully saturated rings. The van der Waals surface area contributed by atoms with Gasteiger partial charge in [0.15, 0.2) is 0 Å². The van der Waals surface area contributed by atoms with E-state index in [2.05, 4.69) is 50.3 Å². The SMILES string of the molecule is [CH2]CCCCCOC/C=C/c1cccc(C)c1. The quantitative estimate of drug-likeness (QED) is 0.602. The van der Waals surface area contributed by atoms with E-state index in [1.54, 1.807) is 0 Å². The van der Waals surface area contributed by atoms with Gasteiger partial charge in [0, 0.05) is 6.61 Å². The highest BCUT2D eigenvalue weighted by Crippen LogP contribution is 2.05. The van der Waals surface area contributed by atoms with Gasteiger partial charge in [-0.15, -0.1) is 0 Å². The van der Waals surface area contributed by atoms with Crippen molar-refractivity contribution in [2.24, 2.45) is 0 Å². The molecule has 0 aliphatic heterocycles. The number of hydrogen-bond donors (Lipinski definition) is 0. The van der Waals surface area contributed by atoms with E-state index in [0.717, 1.165) is 19.4 Å². The molecule has 0 N–H and O–H groups in total. The Bertz CT molecular complexity index is 328. The maximum Gasteiger partial charge on any atom is 0.0650 e. The Labute approximate surface area is 106 Å². The first-order valence-corrected chi connectivity index (χ1v) is 6.43. The van der Waals surface area contributed by atoms with Crippen molar-refractivity contribution < 1.29 is 4.74 Å². The standard InChI is InChI=1S/C16H23O/c1-3-4-5-6-12-17-13-8-11-16-10-7-9-15(2)14-16/h7-11,14H,1,3-6,12-13H2,2H3/b11-8+. The van der Waals surface area contributed by atoms with Crippen molar-refractivity contribution in [3.63, 3.8) is 0 Å². The summed E-state index contributed by atoms with van der Waals surface area (Å²) in [5.41, 5.74) is 2.53. The monoisotopic (exact) mass is 231 g/mol. The van der Waals surface area contributed by atoms with Gasteiger partial charge in [-0.1, -0.05) is 68.2 Å². The van der Waals surface area contributed by atoms with Crippen LogP contribution in [0.3, 0.4) is 0 Å². The summed E-state index contributed by atoms with van der Waals surface area (Å²) in [5.74, 6) is 0. The van der Waals surface area contributed by atoms with E-state index in [1.165, 1.54) is 24.0 Å². The molecule has 0 unspecified atom stereocenters. The van der Waals surface area contributed by atoms with Crippen molar-refractivity contribution >= 4 is 6.08 Å². The van der Waals surface area contributed by atoms with Crippen molar-refractivity contribution in [1.29, 1.82) is 0 Å². The minimum absolute atomic E-state index is 0.707. The Balaban J connectivity index is 2.10.